The van der Waals surface area contributed by atoms with Crippen molar-refractivity contribution in [2.24, 2.45) is 5.92 Å². The molecule has 0 bridgehead atoms. The Bertz CT molecular complexity index is 907. The molecule has 0 radical (unpaired) electrons. The molecule has 2 aromatic heterocycles. The molecule has 1 aliphatic rings. The summed E-state index contributed by atoms with van der Waals surface area (Å²) in [5.41, 5.74) is 0.171. The van der Waals surface area contributed by atoms with Gasteiger partial charge < -0.3 is 28.7 Å². The number of furan rings is 1. The second kappa shape index (κ2) is 9.35. The molecule has 1 atom stereocenters. The lowest BCUT2D eigenvalue weighted by Crippen LogP contribution is -2.56. The number of ether oxygens (including phenoxy) is 1. The Kier molecular flexibility index (Phi) is 6.61. The van der Waals surface area contributed by atoms with Gasteiger partial charge in [0.25, 0.3) is 5.89 Å². The number of rotatable bonds is 6. The van der Waals surface area contributed by atoms with Crippen molar-refractivity contribution in [2.75, 3.05) is 37.7 Å². The molecule has 2 aromatic rings. The van der Waals surface area contributed by atoms with Crippen LogP contribution in [0.1, 0.15) is 26.5 Å². The molecular formula is C20H25N5O5. The third kappa shape index (κ3) is 4.56. The zero-order valence-corrected chi connectivity index (χ0v) is 17.3. The number of nitriles is 1. The number of carbonyl (C=O) groups is 2. The van der Waals surface area contributed by atoms with E-state index in [4.69, 9.17) is 13.6 Å². The van der Waals surface area contributed by atoms with Gasteiger partial charge >= 0.3 is 6.09 Å². The van der Waals surface area contributed by atoms with Gasteiger partial charge in [0.2, 0.25) is 17.5 Å². The van der Waals surface area contributed by atoms with E-state index in [1.54, 1.807) is 24.0 Å². The molecule has 2 amide bonds. The minimum absolute atomic E-state index is 0.0877. The molecule has 0 aromatic carbocycles. The smallest absolute Gasteiger partial charge is 0.407 e. The number of carbonyl (C=O) groups excluding carboxylic acids is 2. The Morgan fingerprint density at radius 2 is 2.07 bits per heavy atom. The first-order chi connectivity index (χ1) is 14.4. The average molecular weight is 415 g/mol. The molecule has 1 saturated heterocycles. The van der Waals surface area contributed by atoms with Gasteiger partial charge in [-0.3, -0.25) is 4.79 Å². The first-order valence-corrected chi connectivity index (χ1v) is 9.86. The maximum Gasteiger partial charge on any atom is 0.407 e. The number of hydrogen-bond donors (Lipinski definition) is 1. The van der Waals surface area contributed by atoms with Crippen LogP contribution in [0.3, 0.4) is 0 Å². The van der Waals surface area contributed by atoms with Gasteiger partial charge in [0.15, 0.2) is 5.76 Å². The van der Waals surface area contributed by atoms with Crippen molar-refractivity contribution >= 4 is 17.9 Å². The zero-order chi connectivity index (χ0) is 21.7. The monoisotopic (exact) mass is 415 g/mol. The molecule has 3 heterocycles. The number of alkyl carbamates (subject to hydrolysis) is 1. The van der Waals surface area contributed by atoms with Crippen LogP contribution in [0.4, 0.5) is 10.7 Å². The first-order valence-electron chi connectivity index (χ1n) is 9.86. The van der Waals surface area contributed by atoms with Crippen LogP contribution in [0.2, 0.25) is 0 Å². The maximum absolute atomic E-state index is 12.9. The fraction of sp³-hybridized carbons (Fsp3) is 0.500. The lowest BCUT2D eigenvalue weighted by Gasteiger charge is -2.37. The van der Waals surface area contributed by atoms with E-state index in [2.05, 4.69) is 10.3 Å². The van der Waals surface area contributed by atoms with Crippen LogP contribution in [-0.2, 0) is 9.53 Å². The third-order valence-corrected chi connectivity index (χ3v) is 4.81. The molecule has 160 valence electrons. The third-order valence-electron chi connectivity index (χ3n) is 4.81. The molecule has 1 aliphatic heterocycles. The largest absolute Gasteiger partial charge is 0.459 e. The lowest BCUT2D eigenvalue weighted by atomic mass is 10.0. The quantitative estimate of drug-likeness (QED) is 0.761. The highest BCUT2D eigenvalue weighted by atomic mass is 16.5. The predicted octanol–water partition coefficient (Wildman–Crippen LogP) is 2.23. The number of anilines is 1. The maximum atomic E-state index is 12.9. The molecule has 3 rings (SSSR count). The number of nitrogens with zero attached hydrogens (tertiary/aromatic N) is 4. The van der Waals surface area contributed by atoms with Gasteiger partial charge in [0, 0.05) is 26.2 Å². The Morgan fingerprint density at radius 1 is 1.33 bits per heavy atom. The van der Waals surface area contributed by atoms with E-state index in [0.29, 0.717) is 37.8 Å². The van der Waals surface area contributed by atoms with Crippen LogP contribution >= 0.6 is 0 Å². The highest BCUT2D eigenvalue weighted by molar-refractivity contribution is 5.86. The van der Waals surface area contributed by atoms with Gasteiger partial charge in [0.1, 0.15) is 12.1 Å². The van der Waals surface area contributed by atoms with Crippen molar-refractivity contribution in [1.82, 2.24) is 15.2 Å². The van der Waals surface area contributed by atoms with Crippen LogP contribution in [0.5, 0.6) is 0 Å². The fourth-order valence-electron chi connectivity index (χ4n) is 3.24. The van der Waals surface area contributed by atoms with Crippen LogP contribution in [0.25, 0.3) is 11.7 Å². The molecule has 10 heteroatoms. The van der Waals surface area contributed by atoms with Crippen molar-refractivity contribution in [3.8, 4) is 17.7 Å². The van der Waals surface area contributed by atoms with E-state index in [1.807, 2.05) is 24.8 Å². The number of nitrogens with one attached hydrogen (secondary N) is 1. The molecule has 10 nitrogen and oxygen atoms in total. The Labute approximate surface area is 174 Å². The molecule has 1 fully saturated rings. The molecule has 0 spiro atoms. The van der Waals surface area contributed by atoms with E-state index < -0.39 is 12.1 Å². The van der Waals surface area contributed by atoms with Crippen LogP contribution < -0.4 is 10.2 Å². The number of amides is 2. The standard InChI is InChI=1S/C20H25N5O5/c1-4-28-20(27)23-16(13(2)3)18(26)24-7-9-25(10-8-24)19-14(12-21)22-17(30-19)15-6-5-11-29-15/h5-6,11,13,16H,4,7-10H2,1-3H3,(H,23,27). The number of aromatic nitrogens is 1. The van der Waals surface area contributed by atoms with Crippen LogP contribution in [0.15, 0.2) is 27.2 Å². The minimum Gasteiger partial charge on any atom is -0.459 e. The van der Waals surface area contributed by atoms with E-state index in [1.165, 1.54) is 6.26 Å². The summed E-state index contributed by atoms with van der Waals surface area (Å²) in [5.74, 6) is 0.795. The second-order valence-corrected chi connectivity index (χ2v) is 7.16. The molecule has 0 saturated carbocycles. The summed E-state index contributed by atoms with van der Waals surface area (Å²) in [6.07, 6.45) is 0.902. The number of hydrogen-bond acceptors (Lipinski definition) is 8. The second-order valence-electron chi connectivity index (χ2n) is 7.16. The first kappa shape index (κ1) is 21.2. The van der Waals surface area contributed by atoms with Gasteiger partial charge in [-0.15, -0.1) is 0 Å². The van der Waals surface area contributed by atoms with Gasteiger partial charge in [-0.05, 0) is 25.0 Å². The Morgan fingerprint density at radius 3 is 2.63 bits per heavy atom. The highest BCUT2D eigenvalue weighted by Gasteiger charge is 2.32. The van der Waals surface area contributed by atoms with Gasteiger partial charge in [0.05, 0.1) is 12.9 Å². The molecular weight excluding hydrogens is 390 g/mol. The number of oxazole rings is 1. The molecule has 1 N–H and O–H groups in total. The molecule has 30 heavy (non-hydrogen) atoms. The van der Waals surface area contributed by atoms with Crippen molar-refractivity contribution in [3.63, 3.8) is 0 Å². The summed E-state index contributed by atoms with van der Waals surface area (Å²) in [6, 6.07) is 4.80. The summed E-state index contributed by atoms with van der Waals surface area (Å²) in [5, 5.41) is 12.1. The van der Waals surface area contributed by atoms with Gasteiger partial charge in [-0.1, -0.05) is 13.8 Å². The Hall–Kier alpha value is -3.48. The van der Waals surface area contributed by atoms with E-state index in [-0.39, 0.29) is 30.0 Å². The minimum atomic E-state index is -0.666. The van der Waals surface area contributed by atoms with Crippen molar-refractivity contribution < 1.29 is 23.2 Å². The van der Waals surface area contributed by atoms with Crippen molar-refractivity contribution in [3.05, 3.63) is 24.1 Å². The molecule has 1 unspecified atom stereocenters. The summed E-state index contributed by atoms with van der Waals surface area (Å²) in [4.78, 5) is 32.5. The van der Waals surface area contributed by atoms with E-state index >= 15 is 0 Å². The summed E-state index contributed by atoms with van der Waals surface area (Å²) >= 11 is 0. The van der Waals surface area contributed by atoms with Crippen LogP contribution in [-0.4, -0.2) is 60.7 Å². The number of piperazine rings is 1. The summed E-state index contributed by atoms with van der Waals surface area (Å²) in [7, 11) is 0. The zero-order valence-electron chi connectivity index (χ0n) is 17.3. The van der Waals surface area contributed by atoms with E-state index in [9.17, 15) is 14.9 Å². The average Bonchev–Trinajstić information content (AvgIpc) is 3.41. The SMILES string of the molecule is CCOC(=O)NC(C(=O)N1CCN(c2oc(-c3ccco3)nc2C#N)CC1)C(C)C. The van der Waals surface area contributed by atoms with Crippen LogP contribution in [0, 0.1) is 17.2 Å². The Balaban J connectivity index is 1.66. The summed E-state index contributed by atoms with van der Waals surface area (Å²) in [6.45, 7) is 7.48. The van der Waals surface area contributed by atoms with E-state index in [0.717, 1.165) is 0 Å². The van der Waals surface area contributed by atoms with Gasteiger partial charge in [-0.25, -0.2) is 4.79 Å². The lowest BCUT2D eigenvalue weighted by molar-refractivity contribution is -0.134. The molecule has 0 aliphatic carbocycles. The highest BCUT2D eigenvalue weighted by Crippen LogP contribution is 2.29. The van der Waals surface area contributed by atoms with Gasteiger partial charge in [-0.2, -0.15) is 10.2 Å². The summed E-state index contributed by atoms with van der Waals surface area (Å²) < 4.78 is 16.0. The topological polar surface area (TPSA) is 125 Å². The normalized spacial score (nSPS) is 15.0. The van der Waals surface area contributed by atoms with Crippen molar-refractivity contribution in [2.45, 2.75) is 26.8 Å². The fourth-order valence-corrected chi connectivity index (χ4v) is 3.24. The van der Waals surface area contributed by atoms with Crippen molar-refractivity contribution in [1.29, 1.82) is 5.26 Å². The predicted molar refractivity (Wildman–Crippen MR) is 106 cm³/mol.